The maximum atomic E-state index is 5.47. The summed E-state index contributed by atoms with van der Waals surface area (Å²) < 4.78 is 5.47. The molecule has 1 unspecified atom stereocenters. The molecule has 2 fully saturated rings. The number of ether oxygens (including phenoxy) is 1. The highest BCUT2D eigenvalue weighted by Gasteiger charge is 2.28. The SMILES string of the molecule is CCNC(=NCc1ccccc1CN1CCOCC1)NCC(C)N(C)C1CC1.I. The summed E-state index contributed by atoms with van der Waals surface area (Å²) in [5, 5.41) is 6.91. The molecular formula is C22H38IN5O. The fourth-order valence-corrected chi connectivity index (χ4v) is 3.60. The summed E-state index contributed by atoms with van der Waals surface area (Å²) in [5.41, 5.74) is 2.67. The number of guanidine groups is 1. The Bertz CT molecular complexity index is 631. The molecule has 1 heterocycles. The highest BCUT2D eigenvalue weighted by atomic mass is 127. The van der Waals surface area contributed by atoms with Crippen LogP contribution in [0.25, 0.3) is 0 Å². The molecule has 0 aromatic heterocycles. The summed E-state index contributed by atoms with van der Waals surface area (Å²) in [4.78, 5) is 9.81. The third-order valence-corrected chi connectivity index (χ3v) is 5.75. The number of hydrogen-bond acceptors (Lipinski definition) is 4. The molecule has 1 aromatic carbocycles. The van der Waals surface area contributed by atoms with Gasteiger partial charge in [0.15, 0.2) is 5.96 Å². The first-order valence-corrected chi connectivity index (χ1v) is 10.8. The summed E-state index contributed by atoms with van der Waals surface area (Å²) in [5.74, 6) is 0.903. The lowest BCUT2D eigenvalue weighted by Gasteiger charge is -2.27. The van der Waals surface area contributed by atoms with Gasteiger partial charge in [-0.15, -0.1) is 24.0 Å². The quantitative estimate of drug-likeness (QED) is 0.301. The molecule has 0 radical (unpaired) electrons. The lowest BCUT2D eigenvalue weighted by molar-refractivity contribution is 0.0341. The maximum absolute atomic E-state index is 5.47. The van der Waals surface area contributed by atoms with E-state index in [1.807, 2.05) is 0 Å². The van der Waals surface area contributed by atoms with Crippen molar-refractivity contribution in [1.82, 2.24) is 20.4 Å². The van der Waals surface area contributed by atoms with Crippen LogP contribution >= 0.6 is 24.0 Å². The van der Waals surface area contributed by atoms with Crippen molar-refractivity contribution in [3.63, 3.8) is 0 Å². The molecule has 1 atom stereocenters. The van der Waals surface area contributed by atoms with Gasteiger partial charge < -0.3 is 15.4 Å². The van der Waals surface area contributed by atoms with Gasteiger partial charge in [-0.2, -0.15) is 0 Å². The number of halogens is 1. The van der Waals surface area contributed by atoms with E-state index < -0.39 is 0 Å². The molecule has 0 spiro atoms. The Hall–Kier alpha value is -0.900. The third-order valence-electron chi connectivity index (χ3n) is 5.75. The largest absolute Gasteiger partial charge is 0.379 e. The summed E-state index contributed by atoms with van der Waals surface area (Å²) >= 11 is 0. The summed E-state index contributed by atoms with van der Waals surface area (Å²) in [6, 6.07) is 9.95. The lowest BCUT2D eigenvalue weighted by Crippen LogP contribution is -2.45. The van der Waals surface area contributed by atoms with Crippen LogP contribution in [0.3, 0.4) is 0 Å². The van der Waals surface area contributed by atoms with E-state index in [-0.39, 0.29) is 24.0 Å². The summed E-state index contributed by atoms with van der Waals surface area (Å²) in [6.07, 6.45) is 2.68. The van der Waals surface area contributed by atoms with Crippen LogP contribution in [-0.2, 0) is 17.8 Å². The number of aliphatic imine (C=N–C) groups is 1. The first-order chi connectivity index (χ1) is 13.7. The van der Waals surface area contributed by atoms with E-state index in [2.05, 4.69) is 65.6 Å². The Morgan fingerprint density at radius 1 is 1.21 bits per heavy atom. The van der Waals surface area contributed by atoms with Gasteiger partial charge in [0.2, 0.25) is 0 Å². The number of likely N-dealkylation sites (N-methyl/N-ethyl adjacent to an activating group) is 1. The summed E-state index contributed by atoms with van der Waals surface area (Å²) in [7, 11) is 2.23. The second-order valence-electron chi connectivity index (χ2n) is 7.98. The Morgan fingerprint density at radius 3 is 2.55 bits per heavy atom. The fraction of sp³-hybridized carbons (Fsp3) is 0.682. The van der Waals surface area contributed by atoms with Crippen molar-refractivity contribution >= 4 is 29.9 Å². The molecule has 2 aliphatic rings. The molecule has 164 valence electrons. The van der Waals surface area contributed by atoms with Gasteiger partial charge in [0, 0.05) is 44.8 Å². The normalized spacial score (nSPS) is 19.0. The van der Waals surface area contributed by atoms with E-state index in [1.165, 1.54) is 24.0 Å². The topological polar surface area (TPSA) is 52.1 Å². The highest BCUT2D eigenvalue weighted by molar-refractivity contribution is 14.0. The lowest BCUT2D eigenvalue weighted by atomic mass is 10.1. The second-order valence-corrected chi connectivity index (χ2v) is 7.98. The van der Waals surface area contributed by atoms with Crippen LogP contribution in [0.4, 0.5) is 0 Å². The van der Waals surface area contributed by atoms with E-state index in [9.17, 15) is 0 Å². The number of rotatable bonds is 9. The average molecular weight is 515 g/mol. The number of hydrogen-bond donors (Lipinski definition) is 2. The zero-order chi connectivity index (χ0) is 19.8. The zero-order valence-electron chi connectivity index (χ0n) is 18.2. The molecule has 1 saturated carbocycles. The summed E-state index contributed by atoms with van der Waals surface area (Å²) in [6.45, 7) is 11.5. The van der Waals surface area contributed by atoms with Crippen LogP contribution < -0.4 is 10.6 Å². The number of nitrogens with zero attached hydrogens (tertiary/aromatic N) is 3. The Morgan fingerprint density at radius 2 is 1.90 bits per heavy atom. The van der Waals surface area contributed by atoms with Gasteiger partial charge in [0.25, 0.3) is 0 Å². The van der Waals surface area contributed by atoms with Gasteiger partial charge in [0.05, 0.1) is 19.8 Å². The van der Waals surface area contributed by atoms with Crippen molar-refractivity contribution < 1.29 is 4.74 Å². The average Bonchev–Trinajstić information content (AvgIpc) is 3.56. The Balaban J connectivity index is 0.00000300. The minimum Gasteiger partial charge on any atom is -0.379 e. The van der Waals surface area contributed by atoms with Crippen LogP contribution in [-0.4, -0.2) is 74.3 Å². The van der Waals surface area contributed by atoms with Gasteiger partial charge in [-0.25, -0.2) is 4.99 Å². The minimum atomic E-state index is 0. The third kappa shape index (κ3) is 8.03. The molecule has 6 nitrogen and oxygen atoms in total. The van der Waals surface area contributed by atoms with Gasteiger partial charge in [0.1, 0.15) is 0 Å². The monoisotopic (exact) mass is 515 g/mol. The van der Waals surface area contributed by atoms with Crippen molar-refractivity contribution in [1.29, 1.82) is 0 Å². The van der Waals surface area contributed by atoms with Crippen molar-refractivity contribution in [2.45, 2.75) is 51.9 Å². The van der Waals surface area contributed by atoms with Crippen LogP contribution in [0.1, 0.15) is 37.8 Å². The Kier molecular flexibility index (Phi) is 10.7. The number of morpholine rings is 1. The molecule has 2 N–H and O–H groups in total. The van der Waals surface area contributed by atoms with Crippen LogP contribution in [0.15, 0.2) is 29.3 Å². The van der Waals surface area contributed by atoms with Crippen LogP contribution in [0.2, 0.25) is 0 Å². The molecule has 7 heteroatoms. The second kappa shape index (κ2) is 12.7. The number of benzene rings is 1. The van der Waals surface area contributed by atoms with Crippen molar-refractivity contribution in [3.05, 3.63) is 35.4 Å². The smallest absolute Gasteiger partial charge is 0.191 e. The van der Waals surface area contributed by atoms with E-state index in [1.54, 1.807) is 0 Å². The molecule has 1 aromatic rings. The van der Waals surface area contributed by atoms with Gasteiger partial charge in [-0.3, -0.25) is 9.80 Å². The van der Waals surface area contributed by atoms with Gasteiger partial charge in [-0.1, -0.05) is 24.3 Å². The predicted molar refractivity (Wildman–Crippen MR) is 131 cm³/mol. The van der Waals surface area contributed by atoms with Gasteiger partial charge in [-0.05, 0) is 44.9 Å². The molecule has 1 saturated heterocycles. The minimum absolute atomic E-state index is 0. The standard InChI is InChI=1S/C22H37N5O.HI/c1-4-23-22(24-15-18(2)26(3)21-9-10-21)25-16-19-7-5-6-8-20(19)17-27-11-13-28-14-12-27;/h5-8,18,21H,4,9-17H2,1-3H3,(H2,23,24,25);1H. The van der Waals surface area contributed by atoms with Crippen LogP contribution in [0.5, 0.6) is 0 Å². The molecular weight excluding hydrogens is 477 g/mol. The maximum Gasteiger partial charge on any atom is 0.191 e. The molecule has 1 aliphatic heterocycles. The highest BCUT2D eigenvalue weighted by Crippen LogP contribution is 2.26. The number of nitrogens with one attached hydrogen (secondary N) is 2. The fourth-order valence-electron chi connectivity index (χ4n) is 3.60. The van der Waals surface area contributed by atoms with Crippen molar-refractivity contribution in [3.8, 4) is 0 Å². The van der Waals surface area contributed by atoms with Crippen molar-refractivity contribution in [2.75, 3.05) is 46.4 Å². The molecule has 0 bridgehead atoms. The van der Waals surface area contributed by atoms with Gasteiger partial charge >= 0.3 is 0 Å². The van der Waals surface area contributed by atoms with E-state index in [0.717, 1.165) is 57.9 Å². The Labute approximate surface area is 193 Å². The van der Waals surface area contributed by atoms with E-state index in [0.29, 0.717) is 12.6 Å². The predicted octanol–water partition coefficient (Wildman–Crippen LogP) is 2.67. The molecule has 29 heavy (non-hydrogen) atoms. The first-order valence-electron chi connectivity index (χ1n) is 10.8. The molecule has 0 amide bonds. The zero-order valence-corrected chi connectivity index (χ0v) is 20.5. The van der Waals surface area contributed by atoms with Crippen molar-refractivity contribution in [2.24, 2.45) is 4.99 Å². The first kappa shape index (κ1) is 24.4. The van der Waals surface area contributed by atoms with Crippen LogP contribution in [0, 0.1) is 0 Å². The molecule has 1 aliphatic carbocycles. The molecule has 3 rings (SSSR count). The van der Waals surface area contributed by atoms with E-state index in [4.69, 9.17) is 9.73 Å². The van der Waals surface area contributed by atoms with E-state index >= 15 is 0 Å².